The first-order valence-corrected chi connectivity index (χ1v) is 11.7. The minimum absolute atomic E-state index is 0.0324. The van der Waals surface area contributed by atoms with Gasteiger partial charge in [-0.2, -0.15) is 5.10 Å². The molecule has 0 amide bonds. The zero-order valence-electron chi connectivity index (χ0n) is 18.9. The van der Waals surface area contributed by atoms with Gasteiger partial charge in [-0.3, -0.25) is 4.68 Å². The Bertz CT molecular complexity index is 1220. The monoisotopic (exact) mass is 485 g/mol. The van der Waals surface area contributed by atoms with Crippen LogP contribution in [0.5, 0.6) is 0 Å². The topological polar surface area (TPSA) is 65.7 Å². The summed E-state index contributed by atoms with van der Waals surface area (Å²) >= 11 is 5.55. The molecule has 1 aliphatic heterocycles. The Morgan fingerprint density at radius 2 is 1.82 bits per heavy atom. The number of benzene rings is 1. The molecule has 3 aromatic heterocycles. The van der Waals surface area contributed by atoms with E-state index in [2.05, 4.69) is 20.1 Å². The van der Waals surface area contributed by atoms with E-state index in [-0.39, 0.29) is 16.3 Å². The van der Waals surface area contributed by atoms with Gasteiger partial charge in [0.15, 0.2) is 5.65 Å². The van der Waals surface area contributed by atoms with Crippen molar-refractivity contribution in [1.29, 1.82) is 0 Å². The van der Waals surface area contributed by atoms with Crippen molar-refractivity contribution in [1.82, 2.24) is 24.7 Å². The molecule has 1 aromatic carbocycles. The van der Waals surface area contributed by atoms with Gasteiger partial charge < -0.3 is 4.74 Å². The van der Waals surface area contributed by atoms with Crippen LogP contribution in [0.1, 0.15) is 43.8 Å². The molecule has 34 heavy (non-hydrogen) atoms. The van der Waals surface area contributed by atoms with Crippen LogP contribution in [-0.2, 0) is 4.74 Å². The average molecular weight is 486 g/mol. The molecule has 1 saturated heterocycles. The van der Waals surface area contributed by atoms with Crippen LogP contribution < -0.4 is 0 Å². The molecule has 0 N–H and O–H groups in total. The van der Waals surface area contributed by atoms with Gasteiger partial charge in [-0.15, -0.1) is 0 Å². The Balaban J connectivity index is 0.000000158. The summed E-state index contributed by atoms with van der Waals surface area (Å²) in [6, 6.07) is 8.17. The summed E-state index contributed by atoms with van der Waals surface area (Å²) in [6.45, 7) is 3.82. The van der Waals surface area contributed by atoms with Crippen LogP contribution in [0, 0.1) is 18.6 Å². The Labute approximate surface area is 202 Å². The highest BCUT2D eigenvalue weighted by Gasteiger charge is 2.23. The molecule has 0 unspecified atom stereocenters. The lowest BCUT2D eigenvalue weighted by atomic mass is 10.1. The van der Waals surface area contributed by atoms with E-state index in [1.54, 1.807) is 12.1 Å². The number of pyridine rings is 1. The van der Waals surface area contributed by atoms with Crippen LogP contribution in [0.2, 0.25) is 5.02 Å². The lowest BCUT2D eigenvalue weighted by Crippen LogP contribution is -2.03. The van der Waals surface area contributed by atoms with Gasteiger partial charge in [0, 0.05) is 42.3 Å². The molecule has 1 saturated carbocycles. The van der Waals surface area contributed by atoms with Crippen LogP contribution in [0.4, 0.5) is 8.78 Å². The minimum atomic E-state index is -0.699. The second-order valence-electron chi connectivity index (χ2n) is 8.18. The van der Waals surface area contributed by atoms with Crippen molar-refractivity contribution in [3.05, 3.63) is 71.4 Å². The van der Waals surface area contributed by atoms with Crippen molar-refractivity contribution in [2.75, 3.05) is 13.2 Å². The van der Waals surface area contributed by atoms with E-state index < -0.39 is 11.6 Å². The van der Waals surface area contributed by atoms with Gasteiger partial charge in [-0.05, 0) is 69.4 Å². The minimum Gasteiger partial charge on any atom is -0.381 e. The van der Waals surface area contributed by atoms with Crippen LogP contribution in [0.15, 0.2) is 49.1 Å². The summed E-state index contributed by atoms with van der Waals surface area (Å²) < 4.78 is 34.6. The summed E-state index contributed by atoms with van der Waals surface area (Å²) in [5, 5.41) is 4.38. The van der Waals surface area contributed by atoms with Crippen LogP contribution >= 0.6 is 11.6 Å². The lowest BCUT2D eigenvalue weighted by Gasteiger charge is -2.08. The summed E-state index contributed by atoms with van der Waals surface area (Å²) in [5.41, 5.74) is 1.54. The fourth-order valence-electron chi connectivity index (χ4n) is 3.48. The fourth-order valence-corrected chi connectivity index (χ4v) is 3.63. The van der Waals surface area contributed by atoms with E-state index in [1.807, 2.05) is 30.1 Å². The Morgan fingerprint density at radius 1 is 1.03 bits per heavy atom. The number of halogens is 3. The smallest absolute Gasteiger partial charge is 0.163 e. The van der Waals surface area contributed by atoms with Gasteiger partial charge in [0.2, 0.25) is 0 Å². The van der Waals surface area contributed by atoms with Crippen molar-refractivity contribution in [2.24, 2.45) is 0 Å². The average Bonchev–Trinajstić information content (AvgIpc) is 3.56. The summed E-state index contributed by atoms with van der Waals surface area (Å²) in [6.07, 6.45) is 11.7. The number of rotatable bonds is 2. The molecule has 0 bridgehead atoms. The van der Waals surface area contributed by atoms with Crippen LogP contribution in [-0.4, -0.2) is 37.9 Å². The maximum absolute atomic E-state index is 14.0. The second kappa shape index (κ2) is 11.4. The SMILES string of the molecule is C1CCOCC1.Cc1ccc2c(-c3cc(F)c(Cl)cc3F)ncnc2n1.c1cnn(C2CC2)c1. The van der Waals surface area contributed by atoms with Gasteiger partial charge >= 0.3 is 0 Å². The highest BCUT2D eigenvalue weighted by Crippen LogP contribution is 2.33. The maximum atomic E-state index is 14.0. The molecule has 4 aromatic rings. The predicted molar refractivity (Wildman–Crippen MR) is 128 cm³/mol. The normalized spacial score (nSPS) is 15.2. The molecule has 6 nitrogen and oxygen atoms in total. The molecule has 178 valence electrons. The number of aryl methyl sites for hydroxylation is 1. The Morgan fingerprint density at radius 3 is 2.44 bits per heavy atom. The third-order valence-electron chi connectivity index (χ3n) is 5.42. The molecule has 2 fully saturated rings. The third-order valence-corrected chi connectivity index (χ3v) is 5.71. The molecular formula is C25H26ClF2N5O. The summed E-state index contributed by atoms with van der Waals surface area (Å²) in [4.78, 5) is 12.3. The highest BCUT2D eigenvalue weighted by atomic mass is 35.5. The van der Waals surface area contributed by atoms with E-state index in [1.165, 1.54) is 38.4 Å². The number of hydrogen-bond acceptors (Lipinski definition) is 5. The van der Waals surface area contributed by atoms with Crippen molar-refractivity contribution in [2.45, 2.75) is 45.1 Å². The Hall–Kier alpha value is -2.97. The first-order valence-electron chi connectivity index (χ1n) is 11.3. The zero-order chi connectivity index (χ0) is 23.9. The molecule has 0 radical (unpaired) electrons. The molecular weight excluding hydrogens is 460 g/mol. The largest absolute Gasteiger partial charge is 0.381 e. The predicted octanol–water partition coefficient (Wildman–Crippen LogP) is 6.34. The van der Waals surface area contributed by atoms with Gasteiger partial charge in [0.1, 0.15) is 18.0 Å². The van der Waals surface area contributed by atoms with E-state index >= 15 is 0 Å². The lowest BCUT2D eigenvalue weighted by molar-refractivity contribution is 0.0968. The first kappa shape index (κ1) is 24.2. The van der Waals surface area contributed by atoms with Crippen LogP contribution in [0.3, 0.4) is 0 Å². The molecule has 0 atom stereocenters. The first-order chi connectivity index (χ1) is 16.5. The zero-order valence-corrected chi connectivity index (χ0v) is 19.7. The maximum Gasteiger partial charge on any atom is 0.163 e. The van der Waals surface area contributed by atoms with Gasteiger partial charge in [0.25, 0.3) is 0 Å². The van der Waals surface area contributed by atoms with E-state index in [0.717, 1.165) is 37.1 Å². The second-order valence-corrected chi connectivity index (χ2v) is 8.59. The molecule has 2 aliphatic rings. The molecule has 1 aliphatic carbocycles. The Kier molecular flexibility index (Phi) is 8.13. The summed E-state index contributed by atoms with van der Waals surface area (Å²) in [5.74, 6) is -1.34. The van der Waals surface area contributed by atoms with Gasteiger partial charge in [-0.25, -0.2) is 23.7 Å². The molecule has 9 heteroatoms. The number of aromatic nitrogens is 5. The van der Waals surface area contributed by atoms with Gasteiger partial charge in [0.05, 0.1) is 16.8 Å². The van der Waals surface area contributed by atoms with Crippen molar-refractivity contribution < 1.29 is 13.5 Å². The number of hydrogen-bond donors (Lipinski definition) is 0. The molecule has 6 rings (SSSR count). The highest BCUT2D eigenvalue weighted by molar-refractivity contribution is 6.30. The van der Waals surface area contributed by atoms with Gasteiger partial charge in [-0.1, -0.05) is 11.6 Å². The van der Waals surface area contributed by atoms with E-state index in [4.69, 9.17) is 16.3 Å². The van der Waals surface area contributed by atoms with E-state index in [9.17, 15) is 8.78 Å². The van der Waals surface area contributed by atoms with Crippen molar-refractivity contribution in [3.63, 3.8) is 0 Å². The number of fused-ring (bicyclic) bond motifs is 1. The fraction of sp³-hybridized carbons (Fsp3) is 0.360. The van der Waals surface area contributed by atoms with Crippen molar-refractivity contribution >= 4 is 22.6 Å². The number of nitrogens with zero attached hydrogens (tertiary/aromatic N) is 5. The van der Waals surface area contributed by atoms with E-state index in [0.29, 0.717) is 11.0 Å². The third kappa shape index (κ3) is 6.33. The quantitative estimate of drug-likeness (QED) is 0.310. The molecule has 4 heterocycles. The summed E-state index contributed by atoms with van der Waals surface area (Å²) in [7, 11) is 0. The van der Waals surface area contributed by atoms with Crippen molar-refractivity contribution in [3.8, 4) is 11.3 Å². The standard InChI is InChI=1S/C14H8ClF2N3.C6H8N2.C5H10O/c1-7-2-3-8-13(18-6-19-14(8)20-7)9-4-12(17)10(15)5-11(9)16;1-4-7-8(5-1)6-2-3-6;1-2-4-6-5-3-1/h2-6H,1H3;1,4-6H,2-3H2;1-5H2. The van der Waals surface area contributed by atoms with Crippen LogP contribution in [0.25, 0.3) is 22.3 Å². The molecule has 0 spiro atoms. The number of ether oxygens (including phenoxy) is 1.